The first-order chi connectivity index (χ1) is 21.6. The number of ether oxygens (including phenoxy) is 4. The zero-order chi connectivity index (χ0) is 32.7. The summed E-state index contributed by atoms with van der Waals surface area (Å²) in [6.45, 7) is 20.1. The first-order valence-corrected chi connectivity index (χ1v) is 19.0. The lowest BCUT2D eigenvalue weighted by molar-refractivity contribution is -0.256. The van der Waals surface area contributed by atoms with Crippen molar-refractivity contribution in [2.45, 2.75) is 155 Å². The fourth-order valence-electron chi connectivity index (χ4n) is 13.7. The molecule has 14 unspecified atom stereocenters. The van der Waals surface area contributed by atoms with Gasteiger partial charge in [0.2, 0.25) is 0 Å². The van der Waals surface area contributed by atoms with Crippen molar-refractivity contribution in [2.24, 2.45) is 56.5 Å². The molecule has 8 fully saturated rings. The lowest BCUT2D eigenvalue weighted by atomic mass is 9.41. The second kappa shape index (κ2) is 10.6. The third-order valence-electron chi connectivity index (χ3n) is 17.2. The summed E-state index contributed by atoms with van der Waals surface area (Å²) in [4.78, 5) is 2.51. The van der Waals surface area contributed by atoms with Gasteiger partial charge in [0.15, 0.2) is 6.29 Å². The summed E-state index contributed by atoms with van der Waals surface area (Å²) in [6, 6.07) is 0.0570. The molecule has 8 nitrogen and oxygen atoms in total. The van der Waals surface area contributed by atoms with Crippen molar-refractivity contribution in [1.82, 2.24) is 4.90 Å². The van der Waals surface area contributed by atoms with Crippen LogP contribution >= 0.6 is 0 Å². The van der Waals surface area contributed by atoms with Crippen molar-refractivity contribution in [2.75, 3.05) is 32.9 Å². The monoisotopic (exact) mass is 644 g/mol. The molecule has 8 heteroatoms. The van der Waals surface area contributed by atoms with E-state index in [1.807, 2.05) is 20.8 Å². The van der Waals surface area contributed by atoms with Gasteiger partial charge in [-0.25, -0.2) is 0 Å². The Labute approximate surface area is 277 Å². The highest BCUT2D eigenvalue weighted by atomic mass is 16.7. The quantitative estimate of drug-likeness (QED) is 0.381. The molecule has 3 heterocycles. The van der Waals surface area contributed by atoms with Crippen molar-refractivity contribution in [3.8, 4) is 0 Å². The normalized spacial score (nSPS) is 53.5. The van der Waals surface area contributed by atoms with Crippen LogP contribution in [0.15, 0.2) is 0 Å². The molecule has 0 aromatic rings. The highest BCUT2D eigenvalue weighted by molar-refractivity contribution is 5.32. The van der Waals surface area contributed by atoms with Gasteiger partial charge in [-0.3, -0.25) is 4.90 Å². The maximum absolute atomic E-state index is 12.5. The Morgan fingerprint density at radius 2 is 1.67 bits per heavy atom. The summed E-state index contributed by atoms with van der Waals surface area (Å²) in [5.74, 6) is 1.53. The SMILES string of the molecule is CC(C)C(C)(O)C(N)C1CCC2C(O1)C(O)C1(C)C3CCC4C(C)(C)C(OC5CN(C6COC6)CCO5)CCC45CC35CCC21C. The molecular weight excluding hydrogens is 580 g/mol. The molecule has 14 atom stereocenters. The molecule has 4 N–H and O–H groups in total. The van der Waals surface area contributed by atoms with Gasteiger partial charge in [-0.2, -0.15) is 0 Å². The fraction of sp³-hybridized carbons (Fsp3) is 1.00. The predicted molar refractivity (Wildman–Crippen MR) is 176 cm³/mol. The number of hydrogen-bond donors (Lipinski definition) is 3. The summed E-state index contributed by atoms with van der Waals surface area (Å²) < 4.78 is 25.4. The third kappa shape index (κ3) is 4.14. The predicted octanol–water partition coefficient (Wildman–Crippen LogP) is 4.73. The van der Waals surface area contributed by atoms with Crippen LogP contribution in [-0.2, 0) is 18.9 Å². The van der Waals surface area contributed by atoms with E-state index < -0.39 is 17.7 Å². The number of nitrogens with two attached hydrogens (primary N) is 1. The van der Waals surface area contributed by atoms with Crippen LogP contribution in [0, 0.1) is 50.7 Å². The van der Waals surface area contributed by atoms with Gasteiger partial charge in [0.25, 0.3) is 0 Å². The number of morpholine rings is 1. The minimum Gasteiger partial charge on any atom is -0.390 e. The first-order valence-electron chi connectivity index (χ1n) is 19.0. The Morgan fingerprint density at radius 1 is 0.957 bits per heavy atom. The van der Waals surface area contributed by atoms with Crippen LogP contribution < -0.4 is 5.73 Å². The summed E-state index contributed by atoms with van der Waals surface area (Å²) in [5.41, 5.74) is 6.34. The van der Waals surface area contributed by atoms with E-state index in [1.54, 1.807) is 0 Å². The van der Waals surface area contributed by atoms with Crippen molar-refractivity contribution in [3.63, 3.8) is 0 Å². The molecule has 3 aliphatic heterocycles. The maximum atomic E-state index is 12.5. The van der Waals surface area contributed by atoms with E-state index >= 15 is 0 Å². The molecule has 0 aromatic heterocycles. The Hall–Kier alpha value is -0.320. The van der Waals surface area contributed by atoms with Crippen molar-refractivity contribution < 1.29 is 29.2 Å². The lowest BCUT2D eigenvalue weighted by Crippen LogP contribution is -2.60. The second-order valence-corrected chi connectivity index (χ2v) is 19.0. The minimum atomic E-state index is -1.01. The van der Waals surface area contributed by atoms with Gasteiger partial charge < -0.3 is 34.9 Å². The van der Waals surface area contributed by atoms with E-state index in [9.17, 15) is 10.2 Å². The highest BCUT2D eigenvalue weighted by Gasteiger charge is 2.84. The van der Waals surface area contributed by atoms with Gasteiger partial charge in [0.1, 0.15) is 0 Å². The van der Waals surface area contributed by atoms with Crippen molar-refractivity contribution in [1.29, 1.82) is 0 Å². The molecule has 3 saturated heterocycles. The number of aliphatic hydroxyl groups is 2. The smallest absolute Gasteiger partial charge is 0.170 e. The van der Waals surface area contributed by atoms with Gasteiger partial charge in [0.05, 0.1) is 68.5 Å². The molecule has 0 aromatic carbocycles. The Balaban J connectivity index is 1.01. The van der Waals surface area contributed by atoms with Crippen LogP contribution in [0.1, 0.15) is 106 Å². The standard InChI is InChI=1S/C38H64N2O6/c1-22(2)36(7,42)31(39)25-9-8-24-30(45-25)32(41)35(6)27-11-10-26-33(3,4)28(46-29-18-40(16-17-44-29)23-19-43-20-23)12-13-37(26)21-38(27,37)15-14-34(24,35)5/h22-32,41-42H,8-21,39H2,1-7H3. The average molecular weight is 645 g/mol. The first kappa shape index (κ1) is 32.9. The number of hydrogen-bond acceptors (Lipinski definition) is 8. The van der Waals surface area contributed by atoms with Crippen LogP contribution in [0.5, 0.6) is 0 Å². The van der Waals surface area contributed by atoms with Crippen LogP contribution in [0.3, 0.4) is 0 Å². The zero-order valence-corrected chi connectivity index (χ0v) is 29.8. The molecule has 8 rings (SSSR count). The summed E-state index contributed by atoms with van der Waals surface area (Å²) >= 11 is 0. The molecule has 2 spiro atoms. The molecule has 262 valence electrons. The van der Waals surface area contributed by atoms with Gasteiger partial charge in [0, 0.05) is 12.0 Å². The highest BCUT2D eigenvalue weighted by Crippen LogP contribution is 2.89. The van der Waals surface area contributed by atoms with E-state index in [0.29, 0.717) is 34.6 Å². The summed E-state index contributed by atoms with van der Waals surface area (Å²) in [6.07, 6.45) is 9.54. The topological polar surface area (TPSA) is 107 Å². The second-order valence-electron chi connectivity index (χ2n) is 19.0. The molecule has 46 heavy (non-hydrogen) atoms. The molecule has 5 aliphatic carbocycles. The van der Waals surface area contributed by atoms with Crippen LogP contribution in [0.2, 0.25) is 0 Å². The fourth-order valence-corrected chi connectivity index (χ4v) is 13.7. The van der Waals surface area contributed by atoms with Crippen molar-refractivity contribution in [3.05, 3.63) is 0 Å². The lowest BCUT2D eigenvalue weighted by Gasteiger charge is -2.63. The molecule has 8 aliphatic rings. The minimum absolute atomic E-state index is 0.0353. The van der Waals surface area contributed by atoms with Gasteiger partial charge >= 0.3 is 0 Å². The molecule has 0 bridgehead atoms. The van der Waals surface area contributed by atoms with Crippen LogP contribution in [0.4, 0.5) is 0 Å². The van der Waals surface area contributed by atoms with E-state index in [4.69, 9.17) is 24.7 Å². The Kier molecular flexibility index (Phi) is 7.57. The summed E-state index contributed by atoms with van der Waals surface area (Å²) in [5, 5.41) is 23.7. The maximum Gasteiger partial charge on any atom is 0.170 e. The summed E-state index contributed by atoms with van der Waals surface area (Å²) in [7, 11) is 0. The molecular formula is C38H64N2O6. The molecule has 0 amide bonds. The number of nitrogens with zero attached hydrogens (tertiary/aromatic N) is 1. The number of aliphatic hydroxyl groups excluding tert-OH is 1. The zero-order valence-electron chi connectivity index (χ0n) is 29.8. The molecule has 0 radical (unpaired) electrons. The third-order valence-corrected chi connectivity index (χ3v) is 17.2. The van der Waals surface area contributed by atoms with Gasteiger partial charge in [-0.1, -0.05) is 41.5 Å². The van der Waals surface area contributed by atoms with Gasteiger partial charge in [-0.15, -0.1) is 0 Å². The average Bonchev–Trinajstić information content (AvgIpc) is 3.62. The molecule has 5 saturated carbocycles. The van der Waals surface area contributed by atoms with E-state index in [0.717, 1.165) is 52.2 Å². The number of rotatable bonds is 6. The van der Waals surface area contributed by atoms with E-state index in [1.165, 1.54) is 38.5 Å². The van der Waals surface area contributed by atoms with Crippen molar-refractivity contribution >= 4 is 0 Å². The van der Waals surface area contributed by atoms with Crippen LogP contribution in [-0.4, -0.2) is 96.4 Å². The number of fused-ring (bicyclic) bond motifs is 4. The van der Waals surface area contributed by atoms with E-state index in [2.05, 4.69) is 32.6 Å². The van der Waals surface area contributed by atoms with Gasteiger partial charge in [-0.05, 0) is 110 Å². The Bertz CT molecular complexity index is 1190. The van der Waals surface area contributed by atoms with Crippen LogP contribution in [0.25, 0.3) is 0 Å². The Morgan fingerprint density at radius 3 is 2.37 bits per heavy atom. The van der Waals surface area contributed by atoms with E-state index in [-0.39, 0.29) is 46.8 Å². The largest absolute Gasteiger partial charge is 0.390 e.